The van der Waals surface area contributed by atoms with Crippen molar-refractivity contribution in [1.82, 2.24) is 9.97 Å². The number of nitrogens with zero attached hydrogens (tertiary/aromatic N) is 2. The second-order valence-electron chi connectivity index (χ2n) is 5.74. The monoisotopic (exact) mass is 386 g/mol. The molecule has 0 aliphatic heterocycles. The number of rotatable bonds is 4. The zero-order chi connectivity index (χ0) is 18.7. The number of carbonyl (C=O) groups excluding carboxylic acids is 1. The third-order valence-corrected chi connectivity index (χ3v) is 4.48. The molecule has 0 aliphatic carbocycles. The molecular formula is C19H16Cl2N4O. The van der Waals surface area contributed by atoms with Crippen molar-refractivity contribution in [2.75, 3.05) is 10.6 Å². The summed E-state index contributed by atoms with van der Waals surface area (Å²) in [6.07, 6.45) is 1.50. The average Bonchev–Trinajstić information content (AvgIpc) is 2.62. The highest BCUT2D eigenvalue weighted by atomic mass is 35.5. The van der Waals surface area contributed by atoms with Gasteiger partial charge in [-0.05, 0) is 55.3 Å². The number of hydrogen-bond acceptors (Lipinski definition) is 4. The van der Waals surface area contributed by atoms with Crippen LogP contribution in [0.15, 0.2) is 48.7 Å². The van der Waals surface area contributed by atoms with Crippen LogP contribution in [0.3, 0.4) is 0 Å². The van der Waals surface area contributed by atoms with E-state index in [-0.39, 0.29) is 17.5 Å². The van der Waals surface area contributed by atoms with Gasteiger partial charge >= 0.3 is 0 Å². The molecule has 2 N–H and O–H groups in total. The van der Waals surface area contributed by atoms with Crippen molar-refractivity contribution in [2.45, 2.75) is 13.8 Å². The van der Waals surface area contributed by atoms with Crippen LogP contribution in [-0.2, 0) is 0 Å². The van der Waals surface area contributed by atoms with E-state index in [2.05, 4.69) is 20.6 Å². The van der Waals surface area contributed by atoms with Crippen LogP contribution in [-0.4, -0.2) is 15.9 Å². The van der Waals surface area contributed by atoms with Gasteiger partial charge in [-0.25, -0.2) is 9.97 Å². The second-order valence-corrected chi connectivity index (χ2v) is 6.55. The molecule has 132 valence electrons. The number of halogens is 2. The quantitative estimate of drug-likeness (QED) is 0.629. The summed E-state index contributed by atoms with van der Waals surface area (Å²) in [7, 11) is 0. The summed E-state index contributed by atoms with van der Waals surface area (Å²) in [4.78, 5) is 20.8. The minimum absolute atomic E-state index is 0.226. The van der Waals surface area contributed by atoms with Crippen LogP contribution >= 0.6 is 23.2 Å². The summed E-state index contributed by atoms with van der Waals surface area (Å²) >= 11 is 12.3. The topological polar surface area (TPSA) is 66.9 Å². The van der Waals surface area contributed by atoms with E-state index in [1.807, 2.05) is 32.0 Å². The third kappa shape index (κ3) is 4.12. The second kappa shape index (κ2) is 7.72. The number of carbonyl (C=O) groups is 1. The molecule has 1 amide bonds. The summed E-state index contributed by atoms with van der Waals surface area (Å²) in [5.74, 6) is -0.100. The Morgan fingerprint density at radius 3 is 2.42 bits per heavy atom. The Morgan fingerprint density at radius 2 is 1.73 bits per heavy atom. The van der Waals surface area contributed by atoms with Gasteiger partial charge in [-0.15, -0.1) is 0 Å². The summed E-state index contributed by atoms with van der Waals surface area (Å²) in [6.45, 7) is 4.01. The lowest BCUT2D eigenvalue weighted by molar-refractivity contribution is 0.102. The fourth-order valence-electron chi connectivity index (χ4n) is 2.29. The Labute approximate surface area is 161 Å². The number of para-hydroxylation sites is 1. The van der Waals surface area contributed by atoms with Gasteiger partial charge in [0.1, 0.15) is 5.69 Å². The molecule has 3 aromatic rings. The Bertz CT molecular complexity index is 955. The van der Waals surface area contributed by atoms with E-state index in [4.69, 9.17) is 23.2 Å². The SMILES string of the molecule is Cc1ccc(NC(=O)c2ccnc(Nc3c(Cl)cccc3Cl)n2)cc1C. The summed E-state index contributed by atoms with van der Waals surface area (Å²) in [6, 6.07) is 12.4. The molecule has 7 heteroatoms. The lowest BCUT2D eigenvalue weighted by Gasteiger charge is -2.10. The number of benzene rings is 2. The van der Waals surface area contributed by atoms with Gasteiger partial charge in [0.25, 0.3) is 5.91 Å². The van der Waals surface area contributed by atoms with Crippen LogP contribution in [0.5, 0.6) is 0 Å². The van der Waals surface area contributed by atoms with E-state index < -0.39 is 0 Å². The molecule has 0 atom stereocenters. The fraction of sp³-hybridized carbons (Fsp3) is 0.105. The van der Waals surface area contributed by atoms with Gasteiger partial charge in [-0.2, -0.15) is 0 Å². The number of anilines is 3. The van der Waals surface area contributed by atoms with E-state index in [1.54, 1.807) is 18.2 Å². The highest BCUT2D eigenvalue weighted by Crippen LogP contribution is 2.31. The van der Waals surface area contributed by atoms with Gasteiger partial charge in [-0.1, -0.05) is 35.3 Å². The Balaban J connectivity index is 1.80. The molecule has 0 saturated heterocycles. The first-order chi connectivity index (χ1) is 12.4. The van der Waals surface area contributed by atoms with Gasteiger partial charge in [0, 0.05) is 11.9 Å². The number of amides is 1. The minimum Gasteiger partial charge on any atom is -0.322 e. The first kappa shape index (κ1) is 18.2. The number of nitrogens with one attached hydrogen (secondary N) is 2. The van der Waals surface area contributed by atoms with E-state index in [9.17, 15) is 4.79 Å². The maximum absolute atomic E-state index is 12.5. The van der Waals surface area contributed by atoms with Crippen LogP contribution in [0, 0.1) is 13.8 Å². The molecule has 0 fully saturated rings. The minimum atomic E-state index is -0.330. The van der Waals surface area contributed by atoms with Crippen molar-refractivity contribution in [2.24, 2.45) is 0 Å². The highest BCUT2D eigenvalue weighted by Gasteiger charge is 2.12. The first-order valence-electron chi connectivity index (χ1n) is 7.87. The lowest BCUT2D eigenvalue weighted by atomic mass is 10.1. The highest BCUT2D eigenvalue weighted by molar-refractivity contribution is 6.39. The number of aromatic nitrogens is 2. The normalized spacial score (nSPS) is 10.5. The van der Waals surface area contributed by atoms with Crippen LogP contribution in [0.25, 0.3) is 0 Å². The van der Waals surface area contributed by atoms with Crippen molar-refractivity contribution in [3.05, 3.63) is 75.5 Å². The Kier molecular flexibility index (Phi) is 5.40. The molecule has 0 unspecified atom stereocenters. The van der Waals surface area contributed by atoms with Crippen molar-refractivity contribution in [3.63, 3.8) is 0 Å². The molecule has 0 radical (unpaired) electrons. The Morgan fingerprint density at radius 1 is 1.00 bits per heavy atom. The Hall–Kier alpha value is -2.63. The van der Waals surface area contributed by atoms with Crippen molar-refractivity contribution < 1.29 is 4.79 Å². The predicted octanol–water partition coefficient (Wildman–Crippen LogP) is 5.40. The van der Waals surface area contributed by atoms with E-state index in [1.165, 1.54) is 12.3 Å². The van der Waals surface area contributed by atoms with Crippen LogP contribution in [0.2, 0.25) is 10.0 Å². The van der Waals surface area contributed by atoms with E-state index in [0.29, 0.717) is 21.4 Å². The summed E-state index contributed by atoms with van der Waals surface area (Å²) in [5.41, 5.74) is 3.68. The maximum Gasteiger partial charge on any atom is 0.274 e. The fourth-order valence-corrected chi connectivity index (χ4v) is 2.78. The molecule has 3 rings (SSSR count). The standard InChI is InChI=1S/C19H16Cl2N4O/c1-11-6-7-13(10-12(11)2)23-18(26)16-8-9-22-19(24-16)25-17-14(20)4-3-5-15(17)21/h3-10H,1-2H3,(H,23,26)(H,22,24,25). The molecule has 2 aromatic carbocycles. The third-order valence-electron chi connectivity index (χ3n) is 3.85. The van der Waals surface area contributed by atoms with Gasteiger partial charge in [-0.3, -0.25) is 4.79 Å². The maximum atomic E-state index is 12.5. The summed E-state index contributed by atoms with van der Waals surface area (Å²) < 4.78 is 0. The first-order valence-corrected chi connectivity index (χ1v) is 8.62. The van der Waals surface area contributed by atoms with Crippen LogP contribution in [0.4, 0.5) is 17.3 Å². The molecule has 0 bridgehead atoms. The zero-order valence-electron chi connectivity index (χ0n) is 14.2. The number of hydrogen-bond donors (Lipinski definition) is 2. The van der Waals surface area contributed by atoms with E-state index in [0.717, 1.165) is 11.1 Å². The average molecular weight is 387 g/mol. The lowest BCUT2D eigenvalue weighted by Crippen LogP contribution is -2.15. The zero-order valence-corrected chi connectivity index (χ0v) is 15.7. The molecule has 26 heavy (non-hydrogen) atoms. The molecule has 5 nitrogen and oxygen atoms in total. The van der Waals surface area contributed by atoms with Crippen LogP contribution < -0.4 is 10.6 Å². The largest absolute Gasteiger partial charge is 0.322 e. The van der Waals surface area contributed by atoms with Crippen molar-refractivity contribution in [3.8, 4) is 0 Å². The van der Waals surface area contributed by atoms with E-state index >= 15 is 0 Å². The van der Waals surface area contributed by atoms with Crippen molar-refractivity contribution >= 4 is 46.4 Å². The van der Waals surface area contributed by atoms with Gasteiger partial charge in [0.15, 0.2) is 0 Å². The molecule has 0 spiro atoms. The van der Waals surface area contributed by atoms with Gasteiger partial charge < -0.3 is 10.6 Å². The number of aryl methyl sites for hydroxylation is 2. The van der Waals surface area contributed by atoms with Gasteiger partial charge in [0.05, 0.1) is 15.7 Å². The van der Waals surface area contributed by atoms with Crippen LogP contribution in [0.1, 0.15) is 21.6 Å². The molecule has 1 aromatic heterocycles. The molecule has 0 saturated carbocycles. The molecular weight excluding hydrogens is 371 g/mol. The smallest absolute Gasteiger partial charge is 0.274 e. The molecule has 0 aliphatic rings. The van der Waals surface area contributed by atoms with Crippen molar-refractivity contribution in [1.29, 1.82) is 0 Å². The molecule has 1 heterocycles. The van der Waals surface area contributed by atoms with Gasteiger partial charge in [0.2, 0.25) is 5.95 Å². The predicted molar refractivity (Wildman–Crippen MR) is 106 cm³/mol. The summed E-state index contributed by atoms with van der Waals surface area (Å²) in [5, 5.41) is 6.65.